The van der Waals surface area contributed by atoms with Gasteiger partial charge in [0.1, 0.15) is 5.56 Å². The second kappa shape index (κ2) is 5.53. The number of hydrogen-bond acceptors (Lipinski definition) is 4. The zero-order valence-corrected chi connectivity index (χ0v) is 12.3. The van der Waals surface area contributed by atoms with Crippen LogP contribution in [0.15, 0.2) is 11.2 Å². The Morgan fingerprint density at radius 1 is 1.45 bits per heavy atom. The Hall–Kier alpha value is -1.41. The van der Waals surface area contributed by atoms with Gasteiger partial charge < -0.3 is 5.11 Å². The average Bonchev–Trinajstić information content (AvgIpc) is 2.82. The number of aromatic amines is 1. The van der Waals surface area contributed by atoms with Crippen LogP contribution in [0.2, 0.25) is 0 Å². The SMILES string of the molecule is CC1CCC(NS(=O)(=O)c2[nH]ncc2C(=O)O)C(C)C1. The van der Waals surface area contributed by atoms with Gasteiger partial charge in [0.25, 0.3) is 10.0 Å². The van der Waals surface area contributed by atoms with E-state index in [-0.39, 0.29) is 22.5 Å². The minimum atomic E-state index is -3.89. The summed E-state index contributed by atoms with van der Waals surface area (Å²) in [5, 5.41) is 14.3. The second-order valence-corrected chi connectivity index (χ2v) is 7.19. The van der Waals surface area contributed by atoms with Crippen LogP contribution in [0, 0.1) is 11.8 Å². The standard InChI is InChI=1S/C12H19N3O4S/c1-7-3-4-10(8(2)5-7)15-20(18,19)11-9(12(16)17)6-13-14-11/h6-8,10,15H,3-5H2,1-2H3,(H,13,14)(H,16,17). The second-order valence-electron chi connectivity index (χ2n) is 5.54. The van der Waals surface area contributed by atoms with Gasteiger partial charge in [0.15, 0.2) is 5.03 Å². The average molecular weight is 301 g/mol. The first-order valence-electron chi connectivity index (χ1n) is 6.60. The summed E-state index contributed by atoms with van der Waals surface area (Å²) in [6, 6.07) is -0.166. The number of H-pyrrole nitrogens is 1. The van der Waals surface area contributed by atoms with E-state index in [9.17, 15) is 13.2 Å². The number of nitrogens with zero attached hydrogens (tertiary/aromatic N) is 1. The summed E-state index contributed by atoms with van der Waals surface area (Å²) in [4.78, 5) is 11.0. The summed E-state index contributed by atoms with van der Waals surface area (Å²) in [5.74, 6) is -0.498. The Morgan fingerprint density at radius 2 is 2.15 bits per heavy atom. The molecule has 7 nitrogen and oxygen atoms in total. The molecule has 20 heavy (non-hydrogen) atoms. The number of carbonyl (C=O) groups is 1. The molecule has 3 unspecified atom stereocenters. The van der Waals surface area contributed by atoms with Gasteiger partial charge >= 0.3 is 5.97 Å². The first-order chi connectivity index (χ1) is 9.31. The molecule has 1 aliphatic rings. The van der Waals surface area contributed by atoms with E-state index in [0.29, 0.717) is 5.92 Å². The van der Waals surface area contributed by atoms with E-state index in [1.807, 2.05) is 6.92 Å². The number of carboxylic acid groups (broad SMARTS) is 1. The van der Waals surface area contributed by atoms with Crippen molar-refractivity contribution in [2.75, 3.05) is 0 Å². The van der Waals surface area contributed by atoms with Crippen molar-refractivity contribution < 1.29 is 18.3 Å². The summed E-state index contributed by atoms with van der Waals surface area (Å²) in [6.45, 7) is 4.16. The van der Waals surface area contributed by atoms with E-state index >= 15 is 0 Å². The third kappa shape index (κ3) is 3.01. The first kappa shape index (κ1) is 15.0. The lowest BCUT2D eigenvalue weighted by atomic mass is 9.80. The summed E-state index contributed by atoms with van der Waals surface area (Å²) in [5.41, 5.74) is -0.339. The van der Waals surface area contributed by atoms with E-state index in [0.717, 1.165) is 25.5 Å². The Kier molecular flexibility index (Phi) is 4.14. The number of hydrogen-bond donors (Lipinski definition) is 3. The van der Waals surface area contributed by atoms with Crippen molar-refractivity contribution in [1.29, 1.82) is 0 Å². The number of nitrogens with one attached hydrogen (secondary N) is 2. The molecule has 1 fully saturated rings. The highest BCUT2D eigenvalue weighted by Crippen LogP contribution is 2.29. The van der Waals surface area contributed by atoms with Gasteiger partial charge in [0, 0.05) is 6.04 Å². The van der Waals surface area contributed by atoms with Crippen LogP contribution in [-0.2, 0) is 10.0 Å². The van der Waals surface area contributed by atoms with Crippen LogP contribution in [0.1, 0.15) is 43.5 Å². The third-order valence-electron chi connectivity index (χ3n) is 3.84. The van der Waals surface area contributed by atoms with E-state index < -0.39 is 16.0 Å². The van der Waals surface area contributed by atoms with Crippen molar-refractivity contribution >= 4 is 16.0 Å². The molecule has 1 saturated carbocycles. The van der Waals surface area contributed by atoms with Crippen molar-refractivity contribution in [1.82, 2.24) is 14.9 Å². The smallest absolute Gasteiger partial charge is 0.340 e. The maximum absolute atomic E-state index is 12.3. The summed E-state index contributed by atoms with van der Waals surface area (Å²) in [7, 11) is -3.89. The monoisotopic (exact) mass is 301 g/mol. The van der Waals surface area contributed by atoms with Gasteiger partial charge in [-0.15, -0.1) is 0 Å². The number of aromatic carboxylic acids is 1. The van der Waals surface area contributed by atoms with Crippen molar-refractivity contribution in [3.8, 4) is 0 Å². The molecule has 8 heteroatoms. The number of sulfonamides is 1. The number of carboxylic acids is 1. The van der Waals surface area contributed by atoms with Crippen LogP contribution in [0.3, 0.4) is 0 Å². The van der Waals surface area contributed by atoms with Gasteiger partial charge in [0.2, 0.25) is 0 Å². The Balaban J connectivity index is 2.19. The van der Waals surface area contributed by atoms with E-state index in [2.05, 4.69) is 21.8 Å². The molecule has 1 aromatic rings. The zero-order valence-electron chi connectivity index (χ0n) is 11.5. The molecule has 0 bridgehead atoms. The molecular formula is C12H19N3O4S. The number of rotatable bonds is 4. The fourth-order valence-electron chi connectivity index (χ4n) is 2.73. The summed E-state index contributed by atoms with van der Waals surface area (Å²) >= 11 is 0. The molecule has 0 saturated heterocycles. The lowest BCUT2D eigenvalue weighted by molar-refractivity contribution is 0.0692. The predicted molar refractivity (Wildman–Crippen MR) is 71.8 cm³/mol. The van der Waals surface area contributed by atoms with Gasteiger partial charge in [-0.1, -0.05) is 13.8 Å². The largest absolute Gasteiger partial charge is 0.478 e. The fraction of sp³-hybridized carbons (Fsp3) is 0.667. The lowest BCUT2D eigenvalue weighted by Gasteiger charge is -2.32. The minimum absolute atomic E-state index is 0.166. The van der Waals surface area contributed by atoms with Crippen molar-refractivity contribution in [2.24, 2.45) is 11.8 Å². The van der Waals surface area contributed by atoms with Gasteiger partial charge in [-0.25, -0.2) is 17.9 Å². The molecule has 0 radical (unpaired) electrons. The first-order valence-corrected chi connectivity index (χ1v) is 8.08. The quantitative estimate of drug-likeness (QED) is 0.774. The molecule has 1 aromatic heterocycles. The van der Waals surface area contributed by atoms with Gasteiger partial charge in [-0.05, 0) is 31.1 Å². The molecule has 1 aliphatic carbocycles. The molecule has 2 rings (SSSR count). The summed E-state index contributed by atoms with van der Waals surface area (Å²) < 4.78 is 27.1. The minimum Gasteiger partial charge on any atom is -0.478 e. The molecule has 3 atom stereocenters. The van der Waals surface area contributed by atoms with Crippen LogP contribution in [-0.4, -0.2) is 35.7 Å². The highest BCUT2D eigenvalue weighted by atomic mass is 32.2. The van der Waals surface area contributed by atoms with E-state index in [1.165, 1.54) is 0 Å². The molecule has 3 N–H and O–H groups in total. The van der Waals surface area contributed by atoms with Crippen LogP contribution in [0.4, 0.5) is 0 Å². The molecular weight excluding hydrogens is 282 g/mol. The van der Waals surface area contributed by atoms with Crippen LogP contribution < -0.4 is 4.72 Å². The van der Waals surface area contributed by atoms with Crippen molar-refractivity contribution in [3.05, 3.63) is 11.8 Å². The highest BCUT2D eigenvalue weighted by Gasteiger charge is 2.32. The van der Waals surface area contributed by atoms with Crippen molar-refractivity contribution in [2.45, 2.75) is 44.2 Å². The summed E-state index contributed by atoms with van der Waals surface area (Å²) in [6.07, 6.45) is 3.69. The normalized spacial score (nSPS) is 27.4. The molecule has 0 spiro atoms. The highest BCUT2D eigenvalue weighted by molar-refractivity contribution is 7.89. The van der Waals surface area contributed by atoms with Gasteiger partial charge in [-0.2, -0.15) is 5.10 Å². The van der Waals surface area contributed by atoms with Gasteiger partial charge in [0.05, 0.1) is 6.20 Å². The lowest BCUT2D eigenvalue weighted by Crippen LogP contribution is -2.42. The van der Waals surface area contributed by atoms with Crippen LogP contribution >= 0.6 is 0 Å². The molecule has 112 valence electrons. The topological polar surface area (TPSA) is 112 Å². The Labute approximate surface area is 117 Å². The van der Waals surface area contributed by atoms with E-state index in [1.54, 1.807) is 0 Å². The maximum Gasteiger partial charge on any atom is 0.340 e. The number of aromatic nitrogens is 2. The van der Waals surface area contributed by atoms with E-state index in [4.69, 9.17) is 5.11 Å². The van der Waals surface area contributed by atoms with Crippen LogP contribution in [0.25, 0.3) is 0 Å². The molecule has 1 heterocycles. The molecule has 0 aromatic carbocycles. The van der Waals surface area contributed by atoms with Gasteiger partial charge in [-0.3, -0.25) is 5.10 Å². The molecule has 0 amide bonds. The fourth-order valence-corrected chi connectivity index (χ4v) is 4.20. The third-order valence-corrected chi connectivity index (χ3v) is 5.30. The van der Waals surface area contributed by atoms with Crippen molar-refractivity contribution in [3.63, 3.8) is 0 Å². The Morgan fingerprint density at radius 3 is 2.75 bits per heavy atom. The zero-order chi connectivity index (χ0) is 14.9. The maximum atomic E-state index is 12.3. The molecule has 0 aliphatic heterocycles. The van der Waals surface area contributed by atoms with Crippen LogP contribution in [0.5, 0.6) is 0 Å². The Bertz CT molecular complexity index is 596. The predicted octanol–water partition coefficient (Wildman–Crippen LogP) is 1.21.